The van der Waals surface area contributed by atoms with E-state index in [0.717, 1.165) is 0 Å². The van der Waals surface area contributed by atoms with Gasteiger partial charge in [0, 0.05) is 9.75 Å². The zero-order valence-electron chi connectivity index (χ0n) is 7.47. The fraction of sp³-hybridized carbons (Fsp3) is 0.200. The Labute approximate surface area is 84.0 Å². The average Bonchev–Trinajstić information content (AvgIpc) is 2.60. The maximum absolute atomic E-state index is 3.44. The molecule has 1 nitrogen and oxygen atoms in total. The number of aryl methyl sites for hydroxylation is 2. The topological polar surface area (TPSA) is 15.8 Å². The molecule has 0 saturated carbocycles. The van der Waals surface area contributed by atoms with E-state index in [0.29, 0.717) is 0 Å². The second-order valence-corrected chi connectivity index (χ2v) is 5.84. The molecule has 0 aromatic carbocycles. The highest BCUT2D eigenvalue weighted by Gasteiger charge is 2.08. The van der Waals surface area contributed by atoms with Gasteiger partial charge in [-0.3, -0.25) is 0 Å². The summed E-state index contributed by atoms with van der Waals surface area (Å²) in [5, 5.41) is 0. The van der Waals surface area contributed by atoms with Crippen LogP contribution in [-0.2, 0) is 0 Å². The molecule has 0 aliphatic rings. The summed E-state index contributed by atoms with van der Waals surface area (Å²) in [6, 6.07) is 4.45. The van der Waals surface area contributed by atoms with Crippen molar-refractivity contribution in [2.45, 2.75) is 13.8 Å². The van der Waals surface area contributed by atoms with Crippen LogP contribution in [0.5, 0.6) is 0 Å². The van der Waals surface area contributed by atoms with Crippen molar-refractivity contribution in [1.82, 2.24) is 4.98 Å². The number of hydrogen-bond donors (Lipinski definition) is 1. The molecule has 3 aromatic rings. The summed E-state index contributed by atoms with van der Waals surface area (Å²) in [4.78, 5) is 6.21. The molecule has 0 radical (unpaired) electrons. The predicted octanol–water partition coefficient (Wildman–Crippen LogP) is 4.06. The molecular weight excluding hydrogens is 198 g/mol. The normalized spacial score (nSPS) is 11.8. The smallest absolute Gasteiger partial charge is 0.0701 e. The lowest BCUT2D eigenvalue weighted by Crippen LogP contribution is -1.59. The molecule has 13 heavy (non-hydrogen) atoms. The molecule has 0 bridgehead atoms. The Morgan fingerprint density at radius 2 is 1.38 bits per heavy atom. The van der Waals surface area contributed by atoms with Gasteiger partial charge in [0.2, 0.25) is 0 Å². The van der Waals surface area contributed by atoms with E-state index in [-0.39, 0.29) is 0 Å². The van der Waals surface area contributed by atoms with Crippen LogP contribution in [0.2, 0.25) is 0 Å². The van der Waals surface area contributed by atoms with Crippen LogP contribution in [0.15, 0.2) is 12.1 Å². The minimum absolute atomic E-state index is 1.30. The number of rotatable bonds is 0. The largest absolute Gasteiger partial charge is 0.353 e. The maximum atomic E-state index is 3.44. The van der Waals surface area contributed by atoms with Gasteiger partial charge in [-0.15, -0.1) is 22.7 Å². The Morgan fingerprint density at radius 1 is 0.923 bits per heavy atom. The highest BCUT2D eigenvalue weighted by molar-refractivity contribution is 7.27. The van der Waals surface area contributed by atoms with Crippen LogP contribution in [0.25, 0.3) is 20.4 Å². The van der Waals surface area contributed by atoms with E-state index in [1.54, 1.807) is 0 Å². The van der Waals surface area contributed by atoms with Gasteiger partial charge in [-0.05, 0) is 26.0 Å². The fourth-order valence-corrected chi connectivity index (χ4v) is 3.79. The quantitative estimate of drug-likeness (QED) is 0.572. The van der Waals surface area contributed by atoms with Crippen molar-refractivity contribution < 1.29 is 0 Å². The number of H-pyrrole nitrogens is 1. The van der Waals surface area contributed by atoms with Crippen LogP contribution in [-0.4, -0.2) is 4.98 Å². The zero-order valence-corrected chi connectivity index (χ0v) is 9.10. The lowest BCUT2D eigenvalue weighted by Gasteiger charge is -1.75. The van der Waals surface area contributed by atoms with Crippen LogP contribution in [0.1, 0.15) is 9.75 Å². The van der Waals surface area contributed by atoms with Crippen molar-refractivity contribution in [1.29, 1.82) is 0 Å². The monoisotopic (exact) mass is 207 g/mol. The summed E-state index contributed by atoms with van der Waals surface area (Å²) in [6.07, 6.45) is 0. The van der Waals surface area contributed by atoms with Crippen LogP contribution in [0, 0.1) is 13.8 Å². The summed E-state index contributed by atoms with van der Waals surface area (Å²) in [7, 11) is 0. The second-order valence-electron chi connectivity index (χ2n) is 3.32. The number of nitrogens with one attached hydrogen (secondary N) is 1. The molecule has 0 atom stereocenters. The number of thiophene rings is 2. The van der Waals surface area contributed by atoms with Crippen molar-refractivity contribution in [3.8, 4) is 0 Å². The van der Waals surface area contributed by atoms with E-state index in [1.807, 2.05) is 22.7 Å². The van der Waals surface area contributed by atoms with Crippen LogP contribution >= 0.6 is 22.7 Å². The Kier molecular flexibility index (Phi) is 1.38. The van der Waals surface area contributed by atoms with Gasteiger partial charge >= 0.3 is 0 Å². The van der Waals surface area contributed by atoms with Gasteiger partial charge in [-0.25, -0.2) is 0 Å². The molecule has 0 fully saturated rings. The zero-order chi connectivity index (χ0) is 9.00. The van der Waals surface area contributed by atoms with Gasteiger partial charge in [0.1, 0.15) is 0 Å². The number of aromatic nitrogens is 1. The summed E-state index contributed by atoms with van der Waals surface area (Å²) in [6.45, 7) is 4.32. The molecule has 3 aromatic heterocycles. The minimum atomic E-state index is 1.30. The molecule has 0 aliphatic carbocycles. The van der Waals surface area contributed by atoms with E-state index in [4.69, 9.17) is 0 Å². The predicted molar refractivity (Wildman–Crippen MR) is 61.0 cm³/mol. The summed E-state index contributed by atoms with van der Waals surface area (Å²) in [5.41, 5.74) is 2.59. The molecule has 1 N–H and O–H groups in total. The number of fused-ring (bicyclic) bond motifs is 3. The van der Waals surface area contributed by atoms with E-state index in [9.17, 15) is 0 Å². The van der Waals surface area contributed by atoms with Gasteiger partial charge in [0.25, 0.3) is 0 Å². The Morgan fingerprint density at radius 3 is 1.85 bits per heavy atom. The van der Waals surface area contributed by atoms with Crippen LogP contribution in [0.4, 0.5) is 0 Å². The highest BCUT2D eigenvalue weighted by Crippen LogP contribution is 2.36. The first-order valence-electron chi connectivity index (χ1n) is 4.22. The van der Waals surface area contributed by atoms with Gasteiger partial charge in [0.05, 0.1) is 20.4 Å². The highest BCUT2D eigenvalue weighted by atomic mass is 32.1. The van der Waals surface area contributed by atoms with Crippen molar-refractivity contribution in [2.24, 2.45) is 0 Å². The first kappa shape index (κ1) is 7.59. The first-order valence-corrected chi connectivity index (χ1v) is 5.85. The summed E-state index contributed by atoms with van der Waals surface area (Å²) in [5.74, 6) is 0. The third-order valence-corrected chi connectivity index (χ3v) is 4.45. The SMILES string of the molecule is Cc1cc2[nH]c3cc(C)sc3c2s1. The lowest BCUT2D eigenvalue weighted by atomic mass is 10.4. The Bertz CT molecular complexity index is 531. The van der Waals surface area contributed by atoms with Gasteiger partial charge < -0.3 is 4.98 Å². The standard InChI is InChI=1S/C10H9NS2/c1-5-3-7-9(12-5)10-8(11-7)4-6(2)13-10/h3-4,11H,1-2H3. The van der Waals surface area contributed by atoms with E-state index >= 15 is 0 Å². The summed E-state index contributed by atoms with van der Waals surface area (Å²) >= 11 is 3.76. The molecule has 3 heteroatoms. The molecule has 0 unspecified atom stereocenters. The fourth-order valence-electron chi connectivity index (χ4n) is 1.70. The van der Waals surface area contributed by atoms with E-state index in [1.165, 1.54) is 30.2 Å². The van der Waals surface area contributed by atoms with Crippen molar-refractivity contribution in [3.63, 3.8) is 0 Å². The molecule has 3 rings (SSSR count). The van der Waals surface area contributed by atoms with E-state index in [2.05, 4.69) is 31.0 Å². The van der Waals surface area contributed by atoms with Gasteiger partial charge in [0.15, 0.2) is 0 Å². The van der Waals surface area contributed by atoms with Crippen LogP contribution in [0.3, 0.4) is 0 Å². The molecule has 0 aliphatic heterocycles. The number of aromatic amines is 1. The molecule has 0 saturated heterocycles. The Hall–Kier alpha value is -0.800. The third-order valence-electron chi connectivity index (χ3n) is 2.19. The first-order chi connectivity index (χ1) is 6.24. The minimum Gasteiger partial charge on any atom is -0.353 e. The molecule has 0 amide bonds. The van der Waals surface area contributed by atoms with Crippen molar-refractivity contribution in [2.75, 3.05) is 0 Å². The van der Waals surface area contributed by atoms with Gasteiger partial charge in [-0.2, -0.15) is 0 Å². The molecule has 66 valence electrons. The molecular formula is C10H9NS2. The van der Waals surface area contributed by atoms with Crippen LogP contribution < -0.4 is 0 Å². The molecule has 3 heterocycles. The van der Waals surface area contributed by atoms with Crippen molar-refractivity contribution >= 4 is 43.1 Å². The van der Waals surface area contributed by atoms with E-state index < -0.39 is 0 Å². The lowest BCUT2D eigenvalue weighted by molar-refractivity contribution is 1.53. The maximum Gasteiger partial charge on any atom is 0.0701 e. The second kappa shape index (κ2) is 2.36. The number of hydrogen-bond acceptors (Lipinski definition) is 2. The van der Waals surface area contributed by atoms with Gasteiger partial charge in [-0.1, -0.05) is 0 Å². The van der Waals surface area contributed by atoms with Crippen molar-refractivity contribution in [3.05, 3.63) is 21.9 Å². The Balaban J connectivity index is 2.56. The molecule has 0 spiro atoms. The summed E-state index contributed by atoms with van der Waals surface area (Å²) < 4.78 is 2.84. The third kappa shape index (κ3) is 0.974. The average molecular weight is 207 g/mol.